The fourth-order valence-electron chi connectivity index (χ4n) is 7.57. The average molecular weight is 683 g/mol. The van der Waals surface area contributed by atoms with E-state index < -0.39 is 66.1 Å². The Morgan fingerprint density at radius 2 is 1.90 bits per heavy atom. The van der Waals surface area contributed by atoms with Gasteiger partial charge in [-0.25, -0.2) is 4.79 Å². The SMILES string of the molecule is CC[C@H]1OC(=O)CC(=O)C[C@@H](O[C@@H]2OC(C)CC(N(C)C)C2O)[C@](C)(OC)C[C@@H](C)CN[C@H](C)[C@H]2N(CCCCN=[N+]=[N-])C(=O)O[C@]12C. The van der Waals surface area contributed by atoms with Crippen LogP contribution < -0.4 is 5.32 Å². The van der Waals surface area contributed by atoms with Crippen molar-refractivity contribution in [2.75, 3.05) is 40.8 Å². The smallest absolute Gasteiger partial charge is 0.410 e. The van der Waals surface area contributed by atoms with E-state index in [4.69, 9.17) is 29.2 Å². The molecule has 0 saturated carbocycles. The Labute approximate surface area is 284 Å². The van der Waals surface area contributed by atoms with Crippen LogP contribution >= 0.6 is 0 Å². The number of aliphatic hydroxyl groups excluding tert-OH is 1. The lowest BCUT2D eigenvalue weighted by atomic mass is 9.83. The standard InChI is InChI=1S/C33H58N6O9/c1-10-25-33(6)29(39(31(43)48-33)14-12-11-13-36-37-34)22(4)35-19-20(2)18-32(5,44-9)26(16-23(40)17-27(41)46-25)47-30-28(42)24(38(7)8)15-21(3)45-30/h20-22,24-26,28-30,35,42H,10-19H2,1-9H3/t20-,21?,22-,24?,25-,26-,28?,29-,30+,32-,33-/m1/s1. The van der Waals surface area contributed by atoms with E-state index in [-0.39, 0.29) is 30.5 Å². The number of amides is 1. The lowest BCUT2D eigenvalue weighted by molar-refractivity contribution is -0.289. The maximum absolute atomic E-state index is 13.6. The first-order valence-electron chi connectivity index (χ1n) is 17.3. The minimum atomic E-state index is -1.20. The summed E-state index contributed by atoms with van der Waals surface area (Å²) < 4.78 is 30.5. The van der Waals surface area contributed by atoms with Crippen molar-refractivity contribution in [3.8, 4) is 0 Å². The topological polar surface area (TPSA) is 185 Å². The number of methoxy groups -OCH3 is 1. The van der Waals surface area contributed by atoms with Crippen LogP contribution in [-0.2, 0) is 33.3 Å². The zero-order valence-electron chi connectivity index (χ0n) is 30.2. The first-order valence-corrected chi connectivity index (χ1v) is 17.3. The number of carbonyl (C=O) groups is 3. The van der Waals surface area contributed by atoms with Crippen LogP contribution in [0.5, 0.6) is 0 Å². The highest BCUT2D eigenvalue weighted by Crippen LogP contribution is 2.39. The number of carbonyl (C=O) groups excluding carboxylic acids is 3. The predicted molar refractivity (Wildman–Crippen MR) is 177 cm³/mol. The van der Waals surface area contributed by atoms with Crippen LogP contribution in [0.15, 0.2) is 5.11 Å². The van der Waals surface area contributed by atoms with Crippen molar-refractivity contribution in [3.63, 3.8) is 0 Å². The van der Waals surface area contributed by atoms with E-state index in [1.54, 1.807) is 18.9 Å². The van der Waals surface area contributed by atoms with E-state index in [2.05, 4.69) is 22.3 Å². The van der Waals surface area contributed by atoms with Crippen LogP contribution in [-0.4, -0.2) is 134 Å². The number of Topliss-reactive ketones (excluding diaryl/α,β-unsaturated/α-hetero) is 1. The lowest BCUT2D eigenvalue weighted by Crippen LogP contribution is -2.60. The second-order valence-electron chi connectivity index (χ2n) is 14.4. The summed E-state index contributed by atoms with van der Waals surface area (Å²) in [6, 6.07) is -0.995. The van der Waals surface area contributed by atoms with E-state index >= 15 is 0 Å². The molecule has 15 nitrogen and oxygen atoms in total. The highest BCUT2D eigenvalue weighted by atomic mass is 16.7. The number of esters is 1. The van der Waals surface area contributed by atoms with Gasteiger partial charge in [-0.3, -0.25) is 14.5 Å². The van der Waals surface area contributed by atoms with Crippen molar-refractivity contribution in [2.24, 2.45) is 11.0 Å². The number of unbranched alkanes of at least 4 members (excludes halogenated alkanes) is 1. The van der Waals surface area contributed by atoms with E-state index in [0.717, 1.165) is 0 Å². The molecule has 274 valence electrons. The van der Waals surface area contributed by atoms with E-state index in [1.807, 2.05) is 46.7 Å². The fraction of sp³-hybridized carbons (Fsp3) is 0.909. The third kappa shape index (κ3) is 9.58. The first-order chi connectivity index (χ1) is 22.6. The zero-order chi connectivity index (χ0) is 35.8. The van der Waals surface area contributed by atoms with Crippen LogP contribution in [0.2, 0.25) is 0 Å². The number of likely N-dealkylation sites (N-methyl/N-ethyl adjacent to an activating group) is 1. The maximum Gasteiger partial charge on any atom is 0.410 e. The van der Waals surface area contributed by atoms with Gasteiger partial charge in [-0.2, -0.15) is 0 Å². The molecule has 0 aromatic carbocycles. The van der Waals surface area contributed by atoms with E-state index in [1.165, 1.54) is 0 Å². The Kier molecular flexibility index (Phi) is 14.5. The summed E-state index contributed by atoms with van der Waals surface area (Å²) in [4.78, 5) is 46.6. The molecule has 11 atom stereocenters. The molecule has 1 amide bonds. The van der Waals surface area contributed by atoms with Gasteiger partial charge in [0.2, 0.25) is 0 Å². The number of nitrogens with one attached hydrogen (secondary N) is 1. The summed E-state index contributed by atoms with van der Waals surface area (Å²) in [6.45, 7) is 12.7. The summed E-state index contributed by atoms with van der Waals surface area (Å²) in [5.41, 5.74) is 6.42. The van der Waals surface area contributed by atoms with Gasteiger partial charge in [0.15, 0.2) is 11.9 Å². The van der Waals surface area contributed by atoms with Gasteiger partial charge >= 0.3 is 12.1 Å². The molecule has 0 aromatic rings. The normalized spacial score (nSPS) is 38.8. The molecule has 2 N–H and O–H groups in total. The van der Waals surface area contributed by atoms with Crippen LogP contribution in [0.3, 0.4) is 0 Å². The van der Waals surface area contributed by atoms with Gasteiger partial charge in [-0.05, 0) is 91.9 Å². The molecule has 0 spiro atoms. The molecule has 15 heteroatoms. The van der Waals surface area contributed by atoms with E-state index in [9.17, 15) is 19.5 Å². The molecular weight excluding hydrogens is 624 g/mol. The van der Waals surface area contributed by atoms with Crippen molar-refractivity contribution in [2.45, 2.75) is 147 Å². The molecule has 3 rings (SSSR count). The minimum absolute atomic E-state index is 0.0100. The van der Waals surface area contributed by atoms with E-state index in [0.29, 0.717) is 51.7 Å². The van der Waals surface area contributed by atoms with Crippen LogP contribution in [0.4, 0.5) is 4.79 Å². The number of hydrogen-bond donors (Lipinski definition) is 2. The van der Waals surface area contributed by atoms with Crippen LogP contribution in [0, 0.1) is 5.92 Å². The lowest BCUT2D eigenvalue weighted by Gasteiger charge is -2.45. The first kappa shape index (κ1) is 39.9. The van der Waals surface area contributed by atoms with Crippen LogP contribution in [0.1, 0.15) is 86.5 Å². The van der Waals surface area contributed by atoms with Gasteiger partial charge in [0, 0.05) is 43.6 Å². The summed E-state index contributed by atoms with van der Waals surface area (Å²) >= 11 is 0. The van der Waals surface area contributed by atoms with Crippen molar-refractivity contribution >= 4 is 17.8 Å². The monoisotopic (exact) mass is 682 g/mol. The number of hydrogen-bond acceptors (Lipinski definition) is 12. The molecule has 0 aliphatic carbocycles. The minimum Gasteiger partial charge on any atom is -0.458 e. The maximum atomic E-state index is 13.6. The van der Waals surface area contributed by atoms with Gasteiger partial charge in [0.25, 0.3) is 0 Å². The Balaban J connectivity index is 1.93. The van der Waals surface area contributed by atoms with Gasteiger partial charge in [0.05, 0.1) is 23.9 Å². The molecule has 0 bridgehead atoms. The second-order valence-corrected chi connectivity index (χ2v) is 14.4. The van der Waals surface area contributed by atoms with Crippen LogP contribution in [0.25, 0.3) is 10.4 Å². The average Bonchev–Trinajstić information content (AvgIpc) is 3.28. The fourth-order valence-corrected chi connectivity index (χ4v) is 7.57. The number of fused-ring (bicyclic) bond motifs is 1. The Morgan fingerprint density at radius 1 is 1.19 bits per heavy atom. The Morgan fingerprint density at radius 3 is 2.52 bits per heavy atom. The van der Waals surface area contributed by atoms with Gasteiger partial charge < -0.3 is 39.0 Å². The van der Waals surface area contributed by atoms with Gasteiger partial charge in [-0.15, -0.1) is 0 Å². The van der Waals surface area contributed by atoms with Gasteiger partial charge in [0.1, 0.15) is 24.4 Å². The predicted octanol–water partition coefficient (Wildman–Crippen LogP) is 3.56. The number of rotatable bonds is 10. The molecule has 3 heterocycles. The number of aliphatic hydroxyl groups is 1. The summed E-state index contributed by atoms with van der Waals surface area (Å²) in [7, 11) is 5.34. The summed E-state index contributed by atoms with van der Waals surface area (Å²) in [5, 5.41) is 18.4. The Bertz CT molecular complexity index is 1150. The number of ether oxygens (including phenoxy) is 5. The van der Waals surface area contributed by atoms with Crippen molar-refractivity contribution in [1.82, 2.24) is 15.1 Å². The molecule has 0 aromatic heterocycles. The molecule has 3 saturated heterocycles. The Hall–Kier alpha value is -2.52. The summed E-state index contributed by atoms with van der Waals surface area (Å²) in [6.07, 6.45) is -2.39. The molecule has 48 heavy (non-hydrogen) atoms. The molecule has 0 radical (unpaired) electrons. The number of nitrogens with zero attached hydrogens (tertiary/aromatic N) is 5. The summed E-state index contributed by atoms with van der Waals surface area (Å²) in [5.74, 6) is -1.13. The zero-order valence-corrected chi connectivity index (χ0v) is 30.2. The van der Waals surface area contributed by atoms with Crippen molar-refractivity contribution < 1.29 is 43.2 Å². The quantitative estimate of drug-likeness (QED) is 0.0857. The highest BCUT2D eigenvalue weighted by Gasteiger charge is 2.58. The third-order valence-corrected chi connectivity index (χ3v) is 10.2. The largest absolute Gasteiger partial charge is 0.458 e. The molecule has 3 fully saturated rings. The number of cyclic esters (lactones) is 1. The van der Waals surface area contributed by atoms with Crippen molar-refractivity contribution in [3.05, 3.63) is 10.4 Å². The molecule has 3 aliphatic rings. The van der Waals surface area contributed by atoms with Gasteiger partial charge in [-0.1, -0.05) is 19.0 Å². The third-order valence-electron chi connectivity index (χ3n) is 10.2. The second kappa shape index (κ2) is 17.4. The molecular formula is C33H58N6O9. The molecule has 3 unspecified atom stereocenters. The number of azide groups is 1. The van der Waals surface area contributed by atoms with Crippen molar-refractivity contribution in [1.29, 1.82) is 0 Å². The molecule has 3 aliphatic heterocycles. The highest BCUT2D eigenvalue weighted by molar-refractivity contribution is 5.95. The number of ketones is 1.